The van der Waals surface area contributed by atoms with Gasteiger partial charge in [-0.1, -0.05) is 38.2 Å². The van der Waals surface area contributed by atoms with Gasteiger partial charge in [-0.05, 0) is 31.4 Å². The van der Waals surface area contributed by atoms with E-state index in [0.717, 1.165) is 11.1 Å². The SMILES string of the molecule is CC.CC(=O)C1=CC=C(C(C)N)C=CC1. The Balaban J connectivity index is 0.000000921. The number of Topliss-reactive ketones (excluding diaryl/α,β-unsaturated/α-hetero) is 1. The molecular formula is C13H21NO. The fourth-order valence-electron chi connectivity index (χ4n) is 1.21. The summed E-state index contributed by atoms with van der Waals surface area (Å²) in [6.07, 6.45) is 8.46. The minimum Gasteiger partial charge on any atom is -0.324 e. The van der Waals surface area contributed by atoms with Gasteiger partial charge in [-0.25, -0.2) is 0 Å². The van der Waals surface area contributed by atoms with Crippen LogP contribution in [-0.4, -0.2) is 11.8 Å². The van der Waals surface area contributed by atoms with Crippen LogP contribution in [0.15, 0.2) is 35.5 Å². The number of allylic oxidation sites excluding steroid dienone is 4. The molecule has 1 aliphatic carbocycles. The van der Waals surface area contributed by atoms with Crippen molar-refractivity contribution in [3.8, 4) is 0 Å². The van der Waals surface area contributed by atoms with Gasteiger partial charge in [0, 0.05) is 6.04 Å². The smallest absolute Gasteiger partial charge is 0.156 e. The van der Waals surface area contributed by atoms with E-state index in [1.54, 1.807) is 6.92 Å². The van der Waals surface area contributed by atoms with Crippen molar-refractivity contribution in [3.63, 3.8) is 0 Å². The highest BCUT2D eigenvalue weighted by Gasteiger charge is 2.05. The highest BCUT2D eigenvalue weighted by atomic mass is 16.1. The van der Waals surface area contributed by atoms with E-state index in [4.69, 9.17) is 5.73 Å². The molecule has 0 aliphatic heterocycles. The number of carbonyl (C=O) groups excluding carboxylic acids is 1. The Morgan fingerprint density at radius 2 is 2.00 bits per heavy atom. The molecule has 0 spiro atoms. The van der Waals surface area contributed by atoms with Crippen LogP contribution >= 0.6 is 0 Å². The Bertz CT molecular complexity index is 296. The van der Waals surface area contributed by atoms with Crippen molar-refractivity contribution in [2.45, 2.75) is 40.2 Å². The van der Waals surface area contributed by atoms with Crippen LogP contribution in [-0.2, 0) is 4.79 Å². The Kier molecular flexibility index (Phi) is 6.63. The zero-order valence-corrected chi connectivity index (χ0v) is 10.1. The van der Waals surface area contributed by atoms with E-state index in [1.165, 1.54) is 0 Å². The predicted molar refractivity (Wildman–Crippen MR) is 65.6 cm³/mol. The Morgan fingerprint density at radius 3 is 2.47 bits per heavy atom. The summed E-state index contributed by atoms with van der Waals surface area (Å²) in [5.41, 5.74) is 7.63. The first-order valence-corrected chi connectivity index (χ1v) is 5.45. The van der Waals surface area contributed by atoms with E-state index in [0.29, 0.717) is 6.42 Å². The second kappa shape index (κ2) is 7.18. The summed E-state index contributed by atoms with van der Waals surface area (Å²) in [4.78, 5) is 11.1. The summed E-state index contributed by atoms with van der Waals surface area (Å²) in [5, 5.41) is 0. The second-order valence-corrected chi connectivity index (χ2v) is 3.31. The molecule has 0 saturated heterocycles. The third-order valence-electron chi connectivity index (χ3n) is 2.10. The summed E-state index contributed by atoms with van der Waals surface area (Å²) in [7, 11) is 0. The quantitative estimate of drug-likeness (QED) is 0.756. The number of ketones is 1. The van der Waals surface area contributed by atoms with Gasteiger partial charge in [-0.15, -0.1) is 0 Å². The highest BCUT2D eigenvalue weighted by molar-refractivity contribution is 5.93. The van der Waals surface area contributed by atoms with Crippen LogP contribution in [0.5, 0.6) is 0 Å². The van der Waals surface area contributed by atoms with E-state index in [1.807, 2.05) is 45.1 Å². The van der Waals surface area contributed by atoms with Crippen molar-refractivity contribution >= 4 is 5.78 Å². The average Bonchev–Trinajstić information content (AvgIpc) is 2.45. The third-order valence-corrected chi connectivity index (χ3v) is 2.10. The summed E-state index contributed by atoms with van der Waals surface area (Å²) in [6, 6.07) is 0.0267. The minimum atomic E-state index is 0.0267. The van der Waals surface area contributed by atoms with Crippen molar-refractivity contribution in [3.05, 3.63) is 35.5 Å². The van der Waals surface area contributed by atoms with Crippen molar-refractivity contribution in [2.75, 3.05) is 0 Å². The van der Waals surface area contributed by atoms with Crippen LogP contribution in [0.2, 0.25) is 0 Å². The molecule has 0 saturated carbocycles. The van der Waals surface area contributed by atoms with Gasteiger partial charge >= 0.3 is 0 Å². The summed E-state index contributed by atoms with van der Waals surface area (Å²) in [5.74, 6) is 0.131. The number of hydrogen-bond donors (Lipinski definition) is 1. The van der Waals surface area contributed by atoms with Gasteiger partial charge in [-0.3, -0.25) is 4.79 Å². The molecule has 0 fully saturated rings. The van der Waals surface area contributed by atoms with E-state index in [9.17, 15) is 4.79 Å². The standard InChI is InChI=1S/C11H15NO.C2H6/c1-8(12)10-4-3-5-11(7-6-10)9(2)13;1-2/h3-4,6-8H,5,12H2,1-2H3;1-2H3. The van der Waals surface area contributed by atoms with E-state index < -0.39 is 0 Å². The summed E-state index contributed by atoms with van der Waals surface area (Å²) in [6.45, 7) is 7.52. The first-order valence-electron chi connectivity index (χ1n) is 5.45. The lowest BCUT2D eigenvalue weighted by Crippen LogP contribution is -2.16. The zero-order valence-electron chi connectivity index (χ0n) is 10.1. The number of rotatable bonds is 2. The maximum atomic E-state index is 11.1. The van der Waals surface area contributed by atoms with Crippen molar-refractivity contribution in [1.82, 2.24) is 0 Å². The van der Waals surface area contributed by atoms with E-state index in [-0.39, 0.29) is 11.8 Å². The van der Waals surface area contributed by atoms with Gasteiger partial charge in [0.1, 0.15) is 0 Å². The van der Waals surface area contributed by atoms with Gasteiger partial charge in [0.15, 0.2) is 5.78 Å². The molecular weight excluding hydrogens is 186 g/mol. The van der Waals surface area contributed by atoms with Gasteiger partial charge in [0.2, 0.25) is 0 Å². The average molecular weight is 207 g/mol. The first-order chi connectivity index (χ1) is 7.11. The number of hydrogen-bond acceptors (Lipinski definition) is 2. The molecule has 0 bridgehead atoms. The molecule has 0 aromatic heterocycles. The van der Waals surface area contributed by atoms with Crippen molar-refractivity contribution in [2.24, 2.45) is 5.73 Å². The second-order valence-electron chi connectivity index (χ2n) is 3.31. The lowest BCUT2D eigenvalue weighted by Gasteiger charge is -2.03. The summed E-state index contributed by atoms with van der Waals surface area (Å²) >= 11 is 0. The molecule has 1 unspecified atom stereocenters. The Hall–Kier alpha value is -1.15. The molecule has 15 heavy (non-hydrogen) atoms. The predicted octanol–water partition coefficient (Wildman–Crippen LogP) is 2.76. The van der Waals surface area contributed by atoms with E-state index >= 15 is 0 Å². The lowest BCUT2D eigenvalue weighted by molar-refractivity contribution is -0.113. The van der Waals surface area contributed by atoms with Gasteiger partial charge < -0.3 is 5.73 Å². The van der Waals surface area contributed by atoms with Crippen LogP contribution in [0.1, 0.15) is 34.1 Å². The van der Waals surface area contributed by atoms with Crippen LogP contribution in [0.3, 0.4) is 0 Å². The molecule has 0 aromatic rings. The van der Waals surface area contributed by atoms with Crippen LogP contribution in [0.4, 0.5) is 0 Å². The maximum absolute atomic E-state index is 11.1. The fourth-order valence-corrected chi connectivity index (χ4v) is 1.21. The molecule has 2 heteroatoms. The van der Waals surface area contributed by atoms with E-state index in [2.05, 4.69) is 0 Å². The minimum absolute atomic E-state index is 0.0267. The van der Waals surface area contributed by atoms with Crippen LogP contribution in [0, 0.1) is 0 Å². The summed E-state index contributed by atoms with van der Waals surface area (Å²) < 4.78 is 0. The highest BCUT2D eigenvalue weighted by Crippen LogP contribution is 2.13. The van der Waals surface area contributed by atoms with Crippen LogP contribution in [0.25, 0.3) is 0 Å². The first kappa shape index (κ1) is 13.8. The fraction of sp³-hybridized carbons (Fsp3) is 0.462. The molecule has 0 aromatic carbocycles. The monoisotopic (exact) mass is 207 g/mol. The van der Waals surface area contributed by atoms with Crippen molar-refractivity contribution < 1.29 is 4.79 Å². The molecule has 2 N–H and O–H groups in total. The third kappa shape index (κ3) is 4.75. The molecule has 1 aliphatic rings. The van der Waals surface area contributed by atoms with Gasteiger partial charge in [0.25, 0.3) is 0 Å². The number of nitrogens with two attached hydrogens (primary N) is 1. The lowest BCUT2D eigenvalue weighted by atomic mass is 10.1. The molecule has 0 heterocycles. The Morgan fingerprint density at radius 1 is 1.40 bits per heavy atom. The normalized spacial score (nSPS) is 16.6. The molecule has 84 valence electrons. The molecule has 1 atom stereocenters. The molecule has 1 rings (SSSR count). The van der Waals surface area contributed by atoms with Gasteiger partial charge in [0.05, 0.1) is 0 Å². The Labute approximate surface area is 92.6 Å². The molecule has 2 nitrogen and oxygen atoms in total. The van der Waals surface area contributed by atoms with Crippen molar-refractivity contribution in [1.29, 1.82) is 0 Å². The van der Waals surface area contributed by atoms with Crippen LogP contribution < -0.4 is 5.73 Å². The zero-order chi connectivity index (χ0) is 11.8. The topological polar surface area (TPSA) is 43.1 Å². The largest absolute Gasteiger partial charge is 0.324 e. The molecule has 0 amide bonds. The maximum Gasteiger partial charge on any atom is 0.156 e. The number of carbonyl (C=O) groups is 1. The molecule has 0 radical (unpaired) electrons. The van der Waals surface area contributed by atoms with Gasteiger partial charge in [-0.2, -0.15) is 0 Å².